The zero-order valence-corrected chi connectivity index (χ0v) is 15.3. The number of sulfonamides is 1. The van der Waals surface area contributed by atoms with E-state index in [4.69, 9.17) is 4.74 Å². The van der Waals surface area contributed by atoms with E-state index < -0.39 is 47.9 Å². The van der Waals surface area contributed by atoms with Crippen molar-refractivity contribution in [3.05, 3.63) is 24.3 Å². The molecule has 0 saturated carbocycles. The van der Waals surface area contributed by atoms with Gasteiger partial charge in [0.15, 0.2) is 9.84 Å². The highest BCUT2D eigenvalue weighted by molar-refractivity contribution is 7.93. The Morgan fingerprint density at radius 2 is 1.62 bits per heavy atom. The minimum atomic E-state index is -4.60. The molecule has 8 nitrogen and oxygen atoms in total. The van der Waals surface area contributed by atoms with Crippen LogP contribution in [0.15, 0.2) is 34.1 Å². The molecular formula is C14H19NO7S2. The molecular weight excluding hydrogens is 358 g/mol. The summed E-state index contributed by atoms with van der Waals surface area (Å²) in [5.74, 6) is 0. The number of nitrogens with zero attached hydrogens (tertiary/aromatic N) is 1. The summed E-state index contributed by atoms with van der Waals surface area (Å²) in [6.45, 7) is 3.79. The number of hydrogen-bond donors (Lipinski definition) is 0. The van der Waals surface area contributed by atoms with Gasteiger partial charge in [0, 0.05) is 6.26 Å². The fourth-order valence-electron chi connectivity index (χ4n) is 1.74. The highest BCUT2D eigenvalue weighted by atomic mass is 32.2. The van der Waals surface area contributed by atoms with Crippen LogP contribution in [0.4, 0.5) is 4.79 Å². The Balaban J connectivity index is 3.50. The van der Waals surface area contributed by atoms with Crippen LogP contribution >= 0.6 is 0 Å². The summed E-state index contributed by atoms with van der Waals surface area (Å²) < 4.78 is 54.2. The van der Waals surface area contributed by atoms with E-state index in [0.717, 1.165) is 18.4 Å². The predicted molar refractivity (Wildman–Crippen MR) is 85.7 cm³/mol. The van der Waals surface area contributed by atoms with Crippen LogP contribution in [0.1, 0.15) is 20.8 Å². The SMILES string of the molecule is CC(C)(C)OC(=O)N(CC=O)S(=O)(=O)c1ccccc1S(C)(=O)=O. The molecule has 0 unspecified atom stereocenters. The van der Waals surface area contributed by atoms with Gasteiger partial charge in [-0.1, -0.05) is 12.1 Å². The van der Waals surface area contributed by atoms with Crippen LogP contribution in [0.25, 0.3) is 0 Å². The second kappa shape index (κ2) is 6.89. The summed E-state index contributed by atoms with van der Waals surface area (Å²) >= 11 is 0. The van der Waals surface area contributed by atoms with Crippen molar-refractivity contribution in [2.24, 2.45) is 0 Å². The van der Waals surface area contributed by atoms with Gasteiger partial charge in [-0.05, 0) is 32.9 Å². The lowest BCUT2D eigenvalue weighted by atomic mass is 10.2. The number of rotatable bonds is 5. The average molecular weight is 377 g/mol. The molecule has 0 N–H and O–H groups in total. The first-order valence-electron chi connectivity index (χ1n) is 6.79. The standard InChI is InChI=1S/C14H19NO7S2/c1-14(2,3)22-13(17)15(9-10-16)24(20,21)12-8-6-5-7-11(12)23(4,18)19/h5-8,10H,9H2,1-4H3. The van der Waals surface area contributed by atoms with E-state index in [-0.39, 0.29) is 10.6 Å². The Bertz CT molecular complexity index is 836. The maximum absolute atomic E-state index is 12.7. The topological polar surface area (TPSA) is 115 Å². The molecule has 1 rings (SSSR count). The molecule has 1 aromatic carbocycles. The zero-order chi connectivity index (χ0) is 18.8. The van der Waals surface area contributed by atoms with Crippen LogP contribution in [0.2, 0.25) is 0 Å². The summed E-state index contributed by atoms with van der Waals surface area (Å²) in [5.41, 5.74) is -0.996. The molecule has 0 spiro atoms. The smallest absolute Gasteiger partial charge is 0.424 e. The van der Waals surface area contributed by atoms with Crippen molar-refractivity contribution in [3.8, 4) is 0 Å². The largest absolute Gasteiger partial charge is 0.443 e. The molecule has 10 heteroatoms. The highest BCUT2D eigenvalue weighted by Crippen LogP contribution is 2.25. The molecule has 134 valence electrons. The maximum atomic E-state index is 12.7. The minimum absolute atomic E-state index is 0.204. The number of carbonyl (C=O) groups excluding carboxylic acids is 2. The molecule has 0 aliphatic rings. The molecule has 1 aromatic rings. The van der Waals surface area contributed by atoms with Crippen molar-refractivity contribution >= 4 is 32.2 Å². The molecule has 0 radical (unpaired) electrons. The number of aldehydes is 1. The van der Waals surface area contributed by atoms with Gasteiger partial charge in [-0.25, -0.2) is 21.6 Å². The fraction of sp³-hybridized carbons (Fsp3) is 0.429. The van der Waals surface area contributed by atoms with Gasteiger partial charge in [0.1, 0.15) is 16.8 Å². The monoisotopic (exact) mass is 377 g/mol. The highest BCUT2D eigenvalue weighted by Gasteiger charge is 2.35. The lowest BCUT2D eigenvalue weighted by Crippen LogP contribution is -2.42. The predicted octanol–water partition coefficient (Wildman–Crippen LogP) is 1.21. The molecule has 0 aliphatic heterocycles. The molecule has 0 aliphatic carbocycles. The maximum Gasteiger partial charge on any atom is 0.424 e. The van der Waals surface area contributed by atoms with Crippen LogP contribution in [0.3, 0.4) is 0 Å². The summed E-state index contributed by atoms with van der Waals surface area (Å²) in [6.07, 6.45) is -0.207. The summed E-state index contributed by atoms with van der Waals surface area (Å²) in [5, 5.41) is 0. The number of ether oxygens (including phenoxy) is 1. The van der Waals surface area contributed by atoms with E-state index >= 15 is 0 Å². The number of hydrogen-bond acceptors (Lipinski definition) is 7. The summed E-state index contributed by atoms with van der Waals surface area (Å²) in [7, 11) is -8.47. The van der Waals surface area contributed by atoms with Crippen LogP contribution in [-0.2, 0) is 29.4 Å². The Hall–Kier alpha value is -1.94. The van der Waals surface area contributed by atoms with E-state index in [0.29, 0.717) is 0 Å². The van der Waals surface area contributed by atoms with Gasteiger partial charge in [0.25, 0.3) is 10.0 Å². The van der Waals surface area contributed by atoms with E-state index in [1.807, 2.05) is 0 Å². The van der Waals surface area contributed by atoms with E-state index in [9.17, 15) is 26.4 Å². The molecule has 24 heavy (non-hydrogen) atoms. The molecule has 1 amide bonds. The molecule has 0 bridgehead atoms. The third kappa shape index (κ3) is 4.78. The van der Waals surface area contributed by atoms with Gasteiger partial charge >= 0.3 is 6.09 Å². The first-order chi connectivity index (χ1) is 10.8. The van der Waals surface area contributed by atoms with Crippen molar-refractivity contribution in [3.63, 3.8) is 0 Å². The third-order valence-corrected chi connectivity index (χ3v) is 5.73. The first kappa shape index (κ1) is 20.1. The van der Waals surface area contributed by atoms with E-state index in [1.54, 1.807) is 0 Å². The van der Waals surface area contributed by atoms with Crippen molar-refractivity contribution in [1.29, 1.82) is 0 Å². The molecule has 0 heterocycles. The van der Waals surface area contributed by atoms with Gasteiger partial charge in [0.2, 0.25) is 0 Å². The Morgan fingerprint density at radius 3 is 2.04 bits per heavy atom. The lowest BCUT2D eigenvalue weighted by Gasteiger charge is -2.26. The normalized spacial score (nSPS) is 12.5. The lowest BCUT2D eigenvalue weighted by molar-refractivity contribution is -0.108. The van der Waals surface area contributed by atoms with Gasteiger partial charge in [0.05, 0.1) is 11.4 Å². The van der Waals surface area contributed by atoms with Gasteiger partial charge < -0.3 is 9.53 Å². The number of sulfone groups is 1. The van der Waals surface area contributed by atoms with Crippen molar-refractivity contribution < 1.29 is 31.2 Å². The number of benzene rings is 1. The first-order valence-corrected chi connectivity index (χ1v) is 10.1. The third-order valence-electron chi connectivity index (χ3n) is 2.65. The molecule has 0 aromatic heterocycles. The van der Waals surface area contributed by atoms with Crippen LogP contribution in [-0.4, -0.2) is 51.9 Å². The van der Waals surface area contributed by atoms with Gasteiger partial charge in [-0.15, -0.1) is 0 Å². The van der Waals surface area contributed by atoms with Crippen molar-refractivity contribution in [2.75, 3.05) is 12.8 Å². The Morgan fingerprint density at radius 1 is 1.12 bits per heavy atom. The number of carbonyl (C=O) groups is 2. The Kier molecular flexibility index (Phi) is 5.78. The average Bonchev–Trinajstić information content (AvgIpc) is 2.41. The van der Waals surface area contributed by atoms with E-state index in [2.05, 4.69) is 0 Å². The van der Waals surface area contributed by atoms with Crippen LogP contribution in [0.5, 0.6) is 0 Å². The van der Waals surface area contributed by atoms with E-state index in [1.165, 1.54) is 32.9 Å². The van der Waals surface area contributed by atoms with Crippen molar-refractivity contribution in [1.82, 2.24) is 4.31 Å². The van der Waals surface area contributed by atoms with Gasteiger partial charge in [-0.3, -0.25) is 0 Å². The second-order valence-corrected chi connectivity index (χ2v) is 9.72. The Labute approximate surface area is 141 Å². The fourth-order valence-corrected chi connectivity index (χ4v) is 4.57. The van der Waals surface area contributed by atoms with Crippen LogP contribution < -0.4 is 0 Å². The second-order valence-electron chi connectivity index (χ2n) is 5.90. The molecule has 0 atom stereocenters. The molecule has 0 fully saturated rings. The summed E-state index contributed by atoms with van der Waals surface area (Å²) in [6, 6.07) is 4.83. The quantitative estimate of drug-likeness (QED) is 0.708. The summed E-state index contributed by atoms with van der Waals surface area (Å²) in [4.78, 5) is 21.9. The van der Waals surface area contributed by atoms with Crippen LogP contribution in [0, 0.1) is 0 Å². The zero-order valence-electron chi connectivity index (χ0n) is 13.7. The number of amides is 1. The minimum Gasteiger partial charge on any atom is -0.443 e. The van der Waals surface area contributed by atoms with Gasteiger partial charge in [-0.2, -0.15) is 4.31 Å². The molecule has 0 saturated heterocycles. The van der Waals surface area contributed by atoms with Crippen molar-refractivity contribution in [2.45, 2.75) is 36.2 Å².